The molecule has 6 heteroatoms. The maximum Gasteiger partial charge on any atom is 0.257 e. The molecule has 1 N–H and O–H groups in total. The summed E-state index contributed by atoms with van der Waals surface area (Å²) >= 11 is 5.46. The molecule has 50 heavy (non-hydrogen) atoms. The van der Waals surface area contributed by atoms with Crippen LogP contribution in [0, 0.1) is 0 Å². The maximum absolute atomic E-state index is 6.07. The SMILES string of the molecule is CCCCCCCC/C=C\CCCCCCCCOCC(COCCCCCCCC/C=C\CCCCCCCC)NC(=S)OCCN(C)C. The molecule has 0 fully saturated rings. The van der Waals surface area contributed by atoms with E-state index in [-0.39, 0.29) is 6.04 Å². The van der Waals surface area contributed by atoms with Crippen molar-refractivity contribution < 1.29 is 14.2 Å². The van der Waals surface area contributed by atoms with Gasteiger partial charge >= 0.3 is 0 Å². The van der Waals surface area contributed by atoms with Crippen LogP contribution in [0.25, 0.3) is 0 Å². The van der Waals surface area contributed by atoms with Crippen molar-refractivity contribution in [1.29, 1.82) is 0 Å². The lowest BCUT2D eigenvalue weighted by Crippen LogP contribution is -2.42. The van der Waals surface area contributed by atoms with E-state index in [9.17, 15) is 0 Å². The molecular formula is C44H86N2O3S. The van der Waals surface area contributed by atoms with Gasteiger partial charge in [-0.1, -0.05) is 154 Å². The van der Waals surface area contributed by atoms with Crippen molar-refractivity contribution in [2.24, 2.45) is 0 Å². The second-order valence-electron chi connectivity index (χ2n) is 14.8. The van der Waals surface area contributed by atoms with Crippen LogP contribution in [0.1, 0.15) is 194 Å². The Labute approximate surface area is 318 Å². The Morgan fingerprint density at radius 1 is 0.500 bits per heavy atom. The highest BCUT2D eigenvalue weighted by Gasteiger charge is 2.12. The van der Waals surface area contributed by atoms with Crippen molar-refractivity contribution in [3.63, 3.8) is 0 Å². The lowest BCUT2D eigenvalue weighted by molar-refractivity contribution is 0.0564. The average Bonchev–Trinajstić information content (AvgIpc) is 3.10. The summed E-state index contributed by atoms with van der Waals surface area (Å²) in [7, 11) is 4.08. The van der Waals surface area contributed by atoms with Crippen molar-refractivity contribution in [3.8, 4) is 0 Å². The lowest BCUT2D eigenvalue weighted by Gasteiger charge is -2.21. The van der Waals surface area contributed by atoms with Crippen LogP contribution >= 0.6 is 12.2 Å². The minimum absolute atomic E-state index is 0.0186. The van der Waals surface area contributed by atoms with Crippen LogP contribution in [0.15, 0.2) is 24.3 Å². The van der Waals surface area contributed by atoms with Crippen LogP contribution in [-0.4, -0.2) is 69.8 Å². The van der Waals surface area contributed by atoms with Gasteiger partial charge in [0.25, 0.3) is 5.17 Å². The van der Waals surface area contributed by atoms with Crippen LogP contribution in [0.2, 0.25) is 0 Å². The molecule has 0 spiro atoms. The van der Waals surface area contributed by atoms with Crippen molar-refractivity contribution in [3.05, 3.63) is 24.3 Å². The number of rotatable bonds is 40. The largest absolute Gasteiger partial charge is 0.470 e. The first-order chi connectivity index (χ1) is 24.6. The number of allylic oxidation sites excluding steroid dienone is 4. The molecule has 0 atom stereocenters. The Morgan fingerprint density at radius 3 is 1.20 bits per heavy atom. The van der Waals surface area contributed by atoms with Gasteiger partial charge in [-0.3, -0.25) is 0 Å². The molecule has 0 aliphatic heterocycles. The van der Waals surface area contributed by atoms with Gasteiger partial charge in [-0.05, 0) is 90.5 Å². The van der Waals surface area contributed by atoms with Crippen molar-refractivity contribution in [2.75, 3.05) is 53.7 Å². The highest BCUT2D eigenvalue weighted by atomic mass is 32.1. The van der Waals surface area contributed by atoms with Crippen molar-refractivity contribution >= 4 is 17.4 Å². The molecule has 296 valence electrons. The maximum atomic E-state index is 6.07. The summed E-state index contributed by atoms with van der Waals surface area (Å²) < 4.78 is 17.9. The summed E-state index contributed by atoms with van der Waals surface area (Å²) in [5.74, 6) is 0. The van der Waals surface area contributed by atoms with Gasteiger partial charge in [0.1, 0.15) is 6.61 Å². The standard InChI is InChI=1S/C44H86N2O3S/c1-5-7-9-11-13-15-17-19-21-23-25-27-29-31-33-35-38-47-41-43(45-44(50)49-40-37-46(3)4)42-48-39-36-34-32-30-28-26-24-22-20-18-16-14-12-10-8-6-2/h19-22,43H,5-18,23-42H2,1-4H3,(H,45,50)/b21-19-,22-20-. The molecule has 0 heterocycles. The Morgan fingerprint density at radius 2 is 0.840 bits per heavy atom. The second-order valence-corrected chi connectivity index (χ2v) is 15.2. The molecule has 5 nitrogen and oxygen atoms in total. The predicted molar refractivity (Wildman–Crippen MR) is 225 cm³/mol. The van der Waals surface area contributed by atoms with Crippen LogP contribution < -0.4 is 5.32 Å². The minimum atomic E-state index is 0.0186. The first-order valence-corrected chi connectivity index (χ1v) is 22.0. The van der Waals surface area contributed by atoms with Gasteiger partial charge in [0.05, 0.1) is 19.3 Å². The summed E-state index contributed by atoms with van der Waals surface area (Å²) in [6, 6.07) is 0.0186. The quantitative estimate of drug-likeness (QED) is 0.0386. The molecule has 0 saturated carbocycles. The number of nitrogens with one attached hydrogen (secondary N) is 1. The highest BCUT2D eigenvalue weighted by molar-refractivity contribution is 7.80. The van der Waals surface area contributed by atoms with Gasteiger partial charge in [-0.25, -0.2) is 0 Å². The van der Waals surface area contributed by atoms with Gasteiger partial charge < -0.3 is 24.4 Å². The molecular weight excluding hydrogens is 637 g/mol. The molecule has 0 unspecified atom stereocenters. The number of hydrogen-bond acceptors (Lipinski definition) is 5. The fraction of sp³-hybridized carbons (Fsp3) is 0.886. The molecule has 0 aromatic carbocycles. The molecule has 0 aromatic heterocycles. The molecule has 0 aliphatic carbocycles. The monoisotopic (exact) mass is 723 g/mol. The molecule has 0 bridgehead atoms. The Hall–Kier alpha value is -0.950. The molecule has 0 radical (unpaired) electrons. The zero-order valence-electron chi connectivity index (χ0n) is 34.0. The third-order valence-electron chi connectivity index (χ3n) is 9.33. The molecule has 0 aromatic rings. The normalized spacial score (nSPS) is 12.0. The topological polar surface area (TPSA) is 43.0 Å². The zero-order chi connectivity index (χ0) is 36.4. The van der Waals surface area contributed by atoms with Gasteiger partial charge in [0, 0.05) is 19.8 Å². The van der Waals surface area contributed by atoms with E-state index in [0.717, 1.165) is 32.6 Å². The van der Waals surface area contributed by atoms with E-state index in [0.29, 0.717) is 25.0 Å². The van der Waals surface area contributed by atoms with E-state index in [2.05, 4.69) is 48.4 Å². The van der Waals surface area contributed by atoms with E-state index in [1.807, 2.05) is 14.1 Å². The number of hydrogen-bond donors (Lipinski definition) is 1. The van der Waals surface area contributed by atoms with Crippen molar-refractivity contribution in [2.45, 2.75) is 200 Å². The van der Waals surface area contributed by atoms with Crippen molar-refractivity contribution in [1.82, 2.24) is 10.2 Å². The van der Waals surface area contributed by atoms with Gasteiger partial charge in [-0.2, -0.15) is 0 Å². The third-order valence-corrected chi connectivity index (χ3v) is 9.57. The first kappa shape index (κ1) is 49.0. The molecule has 0 aliphatic rings. The summed E-state index contributed by atoms with van der Waals surface area (Å²) in [5.41, 5.74) is 0. The van der Waals surface area contributed by atoms with E-state index in [4.69, 9.17) is 26.4 Å². The smallest absolute Gasteiger partial charge is 0.257 e. The summed E-state index contributed by atoms with van der Waals surface area (Å²) in [4.78, 5) is 2.09. The van der Waals surface area contributed by atoms with Crippen LogP contribution in [0.3, 0.4) is 0 Å². The highest BCUT2D eigenvalue weighted by Crippen LogP contribution is 2.12. The van der Waals surface area contributed by atoms with Gasteiger partial charge in [0.2, 0.25) is 0 Å². The fourth-order valence-electron chi connectivity index (χ4n) is 6.02. The fourth-order valence-corrected chi connectivity index (χ4v) is 6.27. The molecule has 0 saturated heterocycles. The van der Waals surface area contributed by atoms with E-state index >= 15 is 0 Å². The Kier molecular flexibility index (Phi) is 41.7. The summed E-state index contributed by atoms with van der Waals surface area (Å²) in [6.07, 6.45) is 46.6. The van der Waals surface area contributed by atoms with E-state index in [1.54, 1.807) is 0 Å². The van der Waals surface area contributed by atoms with Gasteiger partial charge in [0.15, 0.2) is 0 Å². The van der Waals surface area contributed by atoms with E-state index < -0.39 is 0 Å². The Balaban J connectivity index is 3.89. The van der Waals surface area contributed by atoms with E-state index in [1.165, 1.54) is 167 Å². The predicted octanol–water partition coefficient (Wildman–Crippen LogP) is 12.9. The number of unbranched alkanes of at least 4 members (excludes halogenated alkanes) is 24. The van der Waals surface area contributed by atoms with Crippen LogP contribution in [0.4, 0.5) is 0 Å². The number of likely N-dealkylation sites (N-methyl/N-ethyl adjacent to an activating group) is 1. The van der Waals surface area contributed by atoms with Crippen LogP contribution in [-0.2, 0) is 14.2 Å². The Bertz CT molecular complexity index is 684. The number of nitrogens with zero attached hydrogens (tertiary/aromatic N) is 1. The van der Waals surface area contributed by atoms with Gasteiger partial charge in [-0.15, -0.1) is 0 Å². The van der Waals surface area contributed by atoms with Crippen LogP contribution in [0.5, 0.6) is 0 Å². The summed E-state index contributed by atoms with van der Waals surface area (Å²) in [5, 5.41) is 3.78. The zero-order valence-corrected chi connectivity index (χ0v) is 34.8. The summed E-state index contributed by atoms with van der Waals surface area (Å²) in [6.45, 7) is 8.76. The number of thiocarbonyl (C=S) groups is 1. The second kappa shape index (κ2) is 42.5. The average molecular weight is 723 g/mol. The third kappa shape index (κ3) is 41.5. The molecule has 0 amide bonds. The first-order valence-electron chi connectivity index (χ1n) is 21.6. The minimum Gasteiger partial charge on any atom is -0.470 e. The molecule has 0 rings (SSSR count). The lowest BCUT2D eigenvalue weighted by atomic mass is 10.1. The number of ether oxygens (including phenoxy) is 3.